The summed E-state index contributed by atoms with van der Waals surface area (Å²) < 4.78 is 17.8. The largest absolute Gasteiger partial charge is 0.331 e. The number of hydrogen-bond donors (Lipinski definition) is 3. The van der Waals surface area contributed by atoms with E-state index in [1.807, 2.05) is 6.07 Å². The zero-order valence-electron chi connectivity index (χ0n) is 27.0. The quantitative estimate of drug-likeness (QED) is 0.107. The Labute approximate surface area is 289 Å². The van der Waals surface area contributed by atoms with E-state index in [0.717, 1.165) is 28.7 Å². The minimum atomic E-state index is -0.997. The third kappa shape index (κ3) is 5.92. The number of benzene rings is 2. The van der Waals surface area contributed by atoms with Crippen LogP contribution in [0.1, 0.15) is 67.9 Å². The third-order valence-corrected chi connectivity index (χ3v) is 11.5. The summed E-state index contributed by atoms with van der Waals surface area (Å²) in [6.07, 6.45) is 12.4. The molecule has 2 aliphatic heterocycles. The predicted octanol–water partition coefficient (Wildman–Crippen LogP) is 8.12. The number of halogens is 3. The number of nitrogens with zero attached hydrogens (tertiary/aromatic N) is 6. The Kier molecular flexibility index (Phi) is 8.51. The summed E-state index contributed by atoms with van der Waals surface area (Å²) in [5, 5.41) is 18.6. The van der Waals surface area contributed by atoms with Crippen LogP contribution >= 0.6 is 23.2 Å². The highest BCUT2D eigenvalue weighted by molar-refractivity contribution is 6.42. The lowest BCUT2D eigenvalue weighted by Gasteiger charge is -2.41. The van der Waals surface area contributed by atoms with Crippen molar-refractivity contribution in [3.63, 3.8) is 0 Å². The minimum Gasteiger partial charge on any atom is -0.331 e. The number of aromatic amines is 1. The fraction of sp³-hybridized carbons (Fsp3) is 0.444. The van der Waals surface area contributed by atoms with Crippen molar-refractivity contribution in [1.82, 2.24) is 34.2 Å². The Hall–Kier alpha value is -3.73. The van der Waals surface area contributed by atoms with Crippen molar-refractivity contribution >= 4 is 45.9 Å². The molecule has 1 saturated carbocycles. The molecule has 12 heteroatoms. The summed E-state index contributed by atoms with van der Waals surface area (Å²) in [5.74, 6) is 2.80. The highest BCUT2D eigenvalue weighted by Gasteiger charge is 2.34. The van der Waals surface area contributed by atoms with Crippen LogP contribution in [0.4, 0.5) is 10.3 Å². The molecule has 3 aliphatic rings. The van der Waals surface area contributed by atoms with Gasteiger partial charge in [-0.25, -0.2) is 14.4 Å². The Morgan fingerprint density at radius 3 is 2.65 bits per heavy atom. The number of alkyl halides is 1. The van der Waals surface area contributed by atoms with Crippen molar-refractivity contribution in [3.05, 3.63) is 82.2 Å². The monoisotopic (exact) mass is 687 g/mol. The van der Waals surface area contributed by atoms with Gasteiger partial charge in [-0.3, -0.25) is 10.1 Å². The maximum atomic E-state index is 14.4. The van der Waals surface area contributed by atoms with Gasteiger partial charge in [-0.2, -0.15) is 5.10 Å². The summed E-state index contributed by atoms with van der Waals surface area (Å²) >= 11 is 14.0. The molecule has 8 rings (SSSR count). The molecule has 2 fully saturated rings. The molecule has 250 valence electrons. The lowest BCUT2D eigenvalue weighted by molar-refractivity contribution is 0.119. The average molecular weight is 689 g/mol. The van der Waals surface area contributed by atoms with Gasteiger partial charge in [0.05, 0.1) is 28.6 Å². The van der Waals surface area contributed by atoms with Crippen LogP contribution in [0.3, 0.4) is 0 Å². The fourth-order valence-electron chi connectivity index (χ4n) is 7.94. The molecule has 0 amide bonds. The van der Waals surface area contributed by atoms with Crippen molar-refractivity contribution in [2.75, 3.05) is 25.0 Å². The highest BCUT2D eigenvalue weighted by Crippen LogP contribution is 2.44. The van der Waals surface area contributed by atoms with Gasteiger partial charge in [-0.1, -0.05) is 60.8 Å². The molecule has 5 heterocycles. The van der Waals surface area contributed by atoms with Crippen LogP contribution in [0.15, 0.2) is 55.2 Å². The average Bonchev–Trinajstić information content (AvgIpc) is 3.88. The van der Waals surface area contributed by atoms with E-state index >= 15 is 0 Å². The molecule has 0 radical (unpaired) electrons. The van der Waals surface area contributed by atoms with Crippen molar-refractivity contribution in [2.24, 2.45) is 11.8 Å². The van der Waals surface area contributed by atoms with Gasteiger partial charge in [0.2, 0.25) is 5.95 Å². The van der Waals surface area contributed by atoms with Crippen LogP contribution in [-0.2, 0) is 13.0 Å². The second kappa shape index (κ2) is 12.9. The zero-order chi connectivity index (χ0) is 32.9. The molecule has 5 aromatic rings. The van der Waals surface area contributed by atoms with Crippen LogP contribution in [0.2, 0.25) is 10.0 Å². The van der Waals surface area contributed by atoms with E-state index in [2.05, 4.69) is 56.4 Å². The molecule has 0 bridgehead atoms. The first kappa shape index (κ1) is 31.5. The standard InChI is InChI=1S/C36H40Cl2FN9/c1-2-21-7-11-46(12-8-21)17-22-13-25(14-22)23-3-5-24(6-4-23)27-16-29(37)28-19-48(45-32(28)31(27)38)34(35(40)44-36-41-9-10-42-36)33-30-15-26(39)18-47(30)20-43-33/h3-6,9-10,16,19-22,25-26,34H,2,7-8,11-15,17-18H2,1H3,(H3,40,41,42,44)/t22?,25?,26-,34?/m1/s1. The topological polar surface area (TPSA) is 103 Å². The molecule has 9 nitrogen and oxygen atoms in total. The summed E-state index contributed by atoms with van der Waals surface area (Å²) in [7, 11) is 0. The number of H-pyrrole nitrogens is 1. The molecule has 48 heavy (non-hydrogen) atoms. The van der Waals surface area contributed by atoms with Crippen molar-refractivity contribution in [2.45, 2.75) is 70.1 Å². The highest BCUT2D eigenvalue weighted by atomic mass is 35.5. The summed E-state index contributed by atoms with van der Waals surface area (Å²) in [6.45, 7) is 6.33. The van der Waals surface area contributed by atoms with Gasteiger partial charge < -0.3 is 19.8 Å². The van der Waals surface area contributed by atoms with Crippen LogP contribution in [0.5, 0.6) is 0 Å². The van der Waals surface area contributed by atoms with E-state index in [0.29, 0.717) is 38.5 Å². The summed E-state index contributed by atoms with van der Waals surface area (Å²) in [6, 6.07) is 9.82. The van der Waals surface area contributed by atoms with Crippen LogP contribution in [-0.4, -0.2) is 65.8 Å². The van der Waals surface area contributed by atoms with Gasteiger partial charge in [0, 0.05) is 48.2 Å². The van der Waals surface area contributed by atoms with E-state index in [4.69, 9.17) is 33.7 Å². The van der Waals surface area contributed by atoms with Crippen LogP contribution < -0.4 is 5.32 Å². The molecule has 2 atom stereocenters. The second-order valence-electron chi connectivity index (χ2n) is 13.8. The molecule has 3 N–H and O–H groups in total. The summed E-state index contributed by atoms with van der Waals surface area (Å²) in [5.41, 5.74) is 4.97. The number of amidine groups is 1. The number of nitrogens with one attached hydrogen (secondary N) is 3. The maximum absolute atomic E-state index is 14.4. The molecule has 1 saturated heterocycles. The Balaban J connectivity index is 1.03. The van der Waals surface area contributed by atoms with Crippen molar-refractivity contribution in [1.29, 1.82) is 5.41 Å². The Bertz CT molecular complexity index is 1920. The molecular formula is C36H40Cl2FN9. The molecule has 1 unspecified atom stereocenters. The smallest absolute Gasteiger partial charge is 0.205 e. The number of fused-ring (bicyclic) bond motifs is 2. The molecule has 0 spiro atoms. The minimum absolute atomic E-state index is 0.0731. The first-order valence-electron chi connectivity index (χ1n) is 17.1. The van der Waals surface area contributed by atoms with Gasteiger partial charge >= 0.3 is 0 Å². The number of rotatable bonds is 9. The van der Waals surface area contributed by atoms with Gasteiger partial charge in [0.15, 0.2) is 6.04 Å². The Morgan fingerprint density at radius 1 is 1.12 bits per heavy atom. The molecule has 2 aromatic carbocycles. The van der Waals surface area contributed by atoms with Crippen molar-refractivity contribution < 1.29 is 4.39 Å². The first-order chi connectivity index (χ1) is 23.3. The fourth-order valence-corrected chi connectivity index (χ4v) is 8.49. The predicted molar refractivity (Wildman–Crippen MR) is 189 cm³/mol. The number of piperidine rings is 1. The van der Waals surface area contributed by atoms with E-state index in [1.54, 1.807) is 34.2 Å². The first-order valence-corrected chi connectivity index (χ1v) is 17.8. The lowest BCUT2D eigenvalue weighted by Crippen LogP contribution is -2.40. The van der Waals surface area contributed by atoms with E-state index < -0.39 is 12.2 Å². The maximum Gasteiger partial charge on any atom is 0.205 e. The van der Waals surface area contributed by atoms with Crippen LogP contribution in [0, 0.1) is 17.2 Å². The zero-order valence-corrected chi connectivity index (χ0v) is 28.5. The Morgan fingerprint density at radius 2 is 1.92 bits per heavy atom. The number of imidazole rings is 2. The second-order valence-corrected chi connectivity index (χ2v) is 14.6. The van der Waals surface area contributed by atoms with Crippen LogP contribution in [0.25, 0.3) is 22.0 Å². The SMILES string of the molecule is CCC1CCN(CC2CC(c3ccc(-c4cc(Cl)c5cn(C(C(=N)Nc6ncc[nH]6)c6ncn7c6C[C@@H](F)C7)nc5c4Cl)cc3)C2)CC1. The van der Waals surface area contributed by atoms with Crippen molar-refractivity contribution in [3.8, 4) is 11.1 Å². The number of likely N-dealkylation sites (tertiary alicyclic amines) is 1. The summed E-state index contributed by atoms with van der Waals surface area (Å²) in [4.78, 5) is 14.5. The van der Waals surface area contributed by atoms with Gasteiger partial charge in [-0.05, 0) is 73.7 Å². The number of anilines is 1. The number of hydrogen-bond acceptors (Lipinski definition) is 5. The molecular weight excluding hydrogens is 648 g/mol. The van der Waals surface area contributed by atoms with Gasteiger partial charge in [-0.15, -0.1) is 0 Å². The van der Waals surface area contributed by atoms with E-state index in [1.165, 1.54) is 57.3 Å². The lowest BCUT2D eigenvalue weighted by atomic mass is 9.71. The van der Waals surface area contributed by atoms with Gasteiger partial charge in [0.25, 0.3) is 0 Å². The van der Waals surface area contributed by atoms with E-state index in [-0.39, 0.29) is 18.8 Å². The molecule has 1 aliphatic carbocycles. The van der Waals surface area contributed by atoms with Gasteiger partial charge in [0.1, 0.15) is 17.5 Å². The number of aromatic nitrogens is 6. The molecule has 3 aromatic heterocycles. The van der Waals surface area contributed by atoms with E-state index in [9.17, 15) is 4.39 Å². The normalized spacial score (nSPS) is 22.1. The third-order valence-electron chi connectivity index (χ3n) is 10.8.